The van der Waals surface area contributed by atoms with Crippen molar-refractivity contribution < 1.29 is 0 Å². The van der Waals surface area contributed by atoms with E-state index < -0.39 is 0 Å². The molecule has 4 nitrogen and oxygen atoms in total. The van der Waals surface area contributed by atoms with Gasteiger partial charge in [0.15, 0.2) is 0 Å². The second kappa shape index (κ2) is 5.54. The van der Waals surface area contributed by atoms with Crippen molar-refractivity contribution >= 4 is 50.8 Å². The highest BCUT2D eigenvalue weighted by Gasteiger charge is 2.26. The first-order valence-electron chi connectivity index (χ1n) is 7.98. The Morgan fingerprint density at radius 1 is 0.800 bits per heavy atom. The number of fused-ring (bicyclic) bond motifs is 3. The number of benzene rings is 2. The van der Waals surface area contributed by atoms with E-state index in [2.05, 4.69) is 58.4 Å². The van der Waals surface area contributed by atoms with Crippen LogP contribution in [0.5, 0.6) is 0 Å². The minimum Gasteiger partial charge on any atom is -0.277 e. The number of aromatic nitrogens is 3. The molecule has 0 radical (unpaired) electrons. The van der Waals surface area contributed by atoms with Crippen LogP contribution in [0.15, 0.2) is 58.3 Å². The highest BCUT2D eigenvalue weighted by molar-refractivity contribution is 7.99. The lowest BCUT2D eigenvalue weighted by Gasteiger charge is -2.31. The molecule has 0 N–H and O–H groups in total. The summed E-state index contributed by atoms with van der Waals surface area (Å²) in [6, 6.07) is 16.8. The van der Waals surface area contributed by atoms with Crippen LogP contribution in [-0.4, -0.2) is 15.0 Å². The van der Waals surface area contributed by atoms with Gasteiger partial charge >= 0.3 is 0 Å². The molecule has 0 fully saturated rings. The smallest absolute Gasteiger partial charge is 0.236 e. The first-order chi connectivity index (χ1) is 12.2. The third-order valence-electron chi connectivity index (χ3n) is 4.16. The van der Waals surface area contributed by atoms with E-state index in [1.54, 1.807) is 23.1 Å². The lowest BCUT2D eigenvalue weighted by molar-refractivity contribution is 1.04. The first kappa shape index (κ1) is 14.9. The van der Waals surface area contributed by atoms with E-state index in [9.17, 15) is 0 Å². The van der Waals surface area contributed by atoms with Gasteiger partial charge in [0.1, 0.15) is 10.3 Å². The van der Waals surface area contributed by atoms with Gasteiger partial charge in [-0.25, -0.2) is 9.97 Å². The molecular weight excluding hydrogens is 348 g/mol. The van der Waals surface area contributed by atoms with E-state index >= 15 is 0 Å². The van der Waals surface area contributed by atoms with E-state index in [0.717, 1.165) is 32.4 Å². The Morgan fingerprint density at radius 3 is 2.12 bits per heavy atom. The van der Waals surface area contributed by atoms with Crippen molar-refractivity contribution in [2.75, 3.05) is 4.90 Å². The fraction of sp³-hybridized carbons (Fsp3) is 0.105. The van der Waals surface area contributed by atoms with Crippen LogP contribution in [0.2, 0.25) is 0 Å². The lowest BCUT2D eigenvalue weighted by atomic mass is 10.2. The van der Waals surface area contributed by atoms with E-state index in [0.29, 0.717) is 5.95 Å². The fourth-order valence-electron chi connectivity index (χ4n) is 3.07. The van der Waals surface area contributed by atoms with Gasteiger partial charge in [0.25, 0.3) is 0 Å². The topological polar surface area (TPSA) is 41.9 Å². The van der Waals surface area contributed by atoms with Crippen molar-refractivity contribution in [3.8, 4) is 0 Å². The largest absolute Gasteiger partial charge is 0.277 e. The minimum absolute atomic E-state index is 0.703. The second-order valence-corrected chi connectivity index (χ2v) is 8.13. The van der Waals surface area contributed by atoms with Gasteiger partial charge in [-0.1, -0.05) is 47.4 Å². The van der Waals surface area contributed by atoms with Gasteiger partial charge < -0.3 is 0 Å². The monoisotopic (exact) mass is 362 g/mol. The van der Waals surface area contributed by atoms with Crippen LogP contribution in [0, 0.1) is 13.8 Å². The average Bonchev–Trinajstić information content (AvgIpc) is 3.00. The number of thiazole rings is 1. The molecule has 122 valence electrons. The van der Waals surface area contributed by atoms with Crippen molar-refractivity contribution in [2.45, 2.75) is 23.6 Å². The summed E-state index contributed by atoms with van der Waals surface area (Å²) in [5.41, 5.74) is 4.05. The van der Waals surface area contributed by atoms with Gasteiger partial charge in [-0.2, -0.15) is 4.98 Å². The van der Waals surface area contributed by atoms with Crippen molar-refractivity contribution in [1.29, 1.82) is 0 Å². The normalized spacial score (nSPS) is 13.0. The van der Waals surface area contributed by atoms with Crippen molar-refractivity contribution in [1.82, 2.24) is 15.0 Å². The summed E-state index contributed by atoms with van der Waals surface area (Å²) in [6.45, 7) is 4.01. The Hall–Kier alpha value is -2.44. The molecule has 0 atom stereocenters. The van der Waals surface area contributed by atoms with Crippen LogP contribution in [0.4, 0.5) is 17.3 Å². The van der Waals surface area contributed by atoms with Crippen molar-refractivity contribution in [3.05, 3.63) is 59.2 Å². The predicted octanol–water partition coefficient (Wildman–Crippen LogP) is 5.64. The number of anilines is 3. The number of hydrogen-bond donors (Lipinski definition) is 0. The molecule has 3 heterocycles. The molecule has 0 saturated carbocycles. The SMILES string of the molecule is Cc1nc2c(C)nc(N3c4ccccc4Sc4ccccc43)nc2s1. The van der Waals surface area contributed by atoms with E-state index in [1.807, 2.05) is 13.8 Å². The Balaban J connectivity index is 1.79. The van der Waals surface area contributed by atoms with E-state index in [-0.39, 0.29) is 0 Å². The van der Waals surface area contributed by atoms with Crippen LogP contribution in [-0.2, 0) is 0 Å². The Bertz CT molecular complexity index is 1070. The second-order valence-electron chi connectivity index (χ2n) is 5.87. The highest BCUT2D eigenvalue weighted by Crippen LogP contribution is 2.50. The summed E-state index contributed by atoms with van der Waals surface area (Å²) in [7, 11) is 0. The summed E-state index contributed by atoms with van der Waals surface area (Å²) in [6.07, 6.45) is 0. The van der Waals surface area contributed by atoms with E-state index in [1.165, 1.54) is 9.79 Å². The van der Waals surface area contributed by atoms with Gasteiger partial charge in [-0.05, 0) is 38.1 Å². The Kier molecular flexibility index (Phi) is 3.29. The Morgan fingerprint density at radius 2 is 1.44 bits per heavy atom. The molecule has 0 aliphatic carbocycles. The Labute approximate surface area is 153 Å². The molecule has 0 saturated heterocycles. The zero-order chi connectivity index (χ0) is 17.0. The van der Waals surface area contributed by atoms with Crippen LogP contribution in [0.3, 0.4) is 0 Å². The van der Waals surface area contributed by atoms with Gasteiger partial charge in [-0.3, -0.25) is 4.90 Å². The van der Waals surface area contributed by atoms with Crippen LogP contribution in [0.1, 0.15) is 10.7 Å². The summed E-state index contributed by atoms with van der Waals surface area (Å²) < 4.78 is 0. The molecular formula is C19H14N4S2. The van der Waals surface area contributed by atoms with Crippen LogP contribution in [0.25, 0.3) is 10.3 Å². The molecule has 0 unspecified atom stereocenters. The zero-order valence-electron chi connectivity index (χ0n) is 13.7. The first-order valence-corrected chi connectivity index (χ1v) is 9.62. The summed E-state index contributed by atoms with van der Waals surface area (Å²) in [5, 5.41) is 1.01. The standard InChI is InChI=1S/C19H14N4S2/c1-11-17-18(24-12(2)21-17)22-19(20-11)23-13-7-3-5-9-15(13)25-16-10-6-4-8-14(16)23/h3-10H,1-2H3. The molecule has 25 heavy (non-hydrogen) atoms. The summed E-state index contributed by atoms with van der Waals surface area (Å²) in [4.78, 5) is 19.7. The van der Waals surface area contributed by atoms with Gasteiger partial charge in [0.05, 0.1) is 22.1 Å². The lowest BCUT2D eigenvalue weighted by Crippen LogP contribution is -2.17. The van der Waals surface area contributed by atoms with Crippen LogP contribution < -0.4 is 4.90 Å². The van der Waals surface area contributed by atoms with E-state index in [4.69, 9.17) is 9.97 Å². The highest BCUT2D eigenvalue weighted by atomic mass is 32.2. The van der Waals surface area contributed by atoms with Gasteiger partial charge in [0, 0.05) is 9.79 Å². The number of rotatable bonds is 1. The van der Waals surface area contributed by atoms with Crippen molar-refractivity contribution in [3.63, 3.8) is 0 Å². The number of para-hydroxylation sites is 2. The molecule has 0 spiro atoms. The maximum Gasteiger partial charge on any atom is 0.236 e. The molecule has 0 bridgehead atoms. The molecule has 0 amide bonds. The maximum atomic E-state index is 4.84. The third-order valence-corrected chi connectivity index (χ3v) is 6.16. The fourth-order valence-corrected chi connectivity index (χ4v) is 4.96. The van der Waals surface area contributed by atoms with Crippen molar-refractivity contribution in [2.24, 2.45) is 0 Å². The minimum atomic E-state index is 0.703. The average molecular weight is 362 g/mol. The number of aryl methyl sites for hydroxylation is 2. The molecule has 2 aromatic heterocycles. The van der Waals surface area contributed by atoms with Crippen LogP contribution >= 0.6 is 23.1 Å². The number of nitrogens with zero attached hydrogens (tertiary/aromatic N) is 4. The van der Waals surface area contributed by atoms with Gasteiger partial charge in [0.2, 0.25) is 5.95 Å². The maximum absolute atomic E-state index is 4.84. The molecule has 1 aliphatic heterocycles. The predicted molar refractivity (Wildman–Crippen MR) is 103 cm³/mol. The van der Waals surface area contributed by atoms with Gasteiger partial charge in [-0.15, -0.1) is 0 Å². The zero-order valence-corrected chi connectivity index (χ0v) is 15.4. The molecule has 4 aromatic rings. The number of hydrogen-bond acceptors (Lipinski definition) is 6. The summed E-state index contributed by atoms with van der Waals surface area (Å²) in [5.74, 6) is 0.703. The molecule has 1 aliphatic rings. The quantitative estimate of drug-likeness (QED) is 0.386. The molecule has 6 heteroatoms. The molecule has 5 rings (SSSR count). The third kappa shape index (κ3) is 2.33. The molecule has 2 aromatic carbocycles. The summed E-state index contributed by atoms with van der Waals surface area (Å²) >= 11 is 3.40.